The van der Waals surface area contributed by atoms with Crippen molar-refractivity contribution < 1.29 is 13.9 Å². The number of anilines is 1. The van der Waals surface area contributed by atoms with Crippen molar-refractivity contribution in [3.63, 3.8) is 0 Å². The highest BCUT2D eigenvalue weighted by molar-refractivity contribution is 6.52. The minimum Gasteiger partial charge on any atom is -0.457 e. The van der Waals surface area contributed by atoms with Crippen molar-refractivity contribution >= 4 is 34.6 Å². The Balaban J connectivity index is 1.24. The lowest BCUT2D eigenvalue weighted by molar-refractivity contribution is 0.0443. The van der Waals surface area contributed by atoms with Crippen LogP contribution in [0.4, 0.5) is 10.1 Å². The predicted molar refractivity (Wildman–Crippen MR) is 147 cm³/mol. The quantitative estimate of drug-likeness (QED) is 0.521. The zero-order valence-electron chi connectivity index (χ0n) is 21.5. The molecule has 3 aromatic rings. The molecule has 4 heterocycles. The number of hydrogen-bond acceptors (Lipinski definition) is 8. The Labute approximate surface area is 219 Å². The Kier molecular flexibility index (Phi) is 6.03. The number of allylic oxidation sites excluding steroid dienone is 1. The van der Waals surface area contributed by atoms with Gasteiger partial charge in [0, 0.05) is 25.2 Å². The molecule has 9 nitrogen and oxygen atoms in total. The molecule has 1 N–H and O–H groups in total. The highest BCUT2D eigenvalue weighted by Gasteiger charge is 2.39. The first-order valence-electron chi connectivity index (χ1n) is 12.5. The van der Waals surface area contributed by atoms with Crippen molar-refractivity contribution in [1.82, 2.24) is 14.5 Å². The maximum absolute atomic E-state index is 15.6. The van der Waals surface area contributed by atoms with Gasteiger partial charge in [0.15, 0.2) is 11.7 Å². The van der Waals surface area contributed by atoms with Gasteiger partial charge in [0.2, 0.25) is 0 Å². The van der Waals surface area contributed by atoms with Crippen molar-refractivity contribution in [3.05, 3.63) is 72.2 Å². The van der Waals surface area contributed by atoms with Gasteiger partial charge in [-0.1, -0.05) is 12.7 Å². The molecule has 2 aromatic carbocycles. The van der Waals surface area contributed by atoms with Crippen LogP contribution in [-0.2, 0) is 11.8 Å². The van der Waals surface area contributed by atoms with Gasteiger partial charge in [-0.3, -0.25) is 0 Å². The van der Waals surface area contributed by atoms with Crippen LogP contribution in [0.3, 0.4) is 0 Å². The van der Waals surface area contributed by atoms with Crippen molar-refractivity contribution in [2.45, 2.75) is 32.4 Å². The lowest BCUT2D eigenvalue weighted by atomic mass is 10.1. The number of benzene rings is 2. The van der Waals surface area contributed by atoms with Crippen LogP contribution < -0.4 is 10.1 Å². The van der Waals surface area contributed by atoms with Gasteiger partial charge in [0.05, 0.1) is 47.5 Å². The Hall–Kier alpha value is -4.31. The second-order valence-corrected chi connectivity index (χ2v) is 9.55. The van der Waals surface area contributed by atoms with Crippen LogP contribution in [0.15, 0.2) is 75.8 Å². The minimum absolute atomic E-state index is 0.220. The monoisotopic (exact) mass is 513 g/mol. The second kappa shape index (κ2) is 9.53. The fourth-order valence-corrected chi connectivity index (χ4v) is 5.02. The molecular formula is C28H28FN7O2. The number of halogens is 1. The molecule has 3 aliphatic rings. The third-order valence-corrected chi connectivity index (χ3v) is 7.11. The van der Waals surface area contributed by atoms with E-state index in [4.69, 9.17) is 14.5 Å². The van der Waals surface area contributed by atoms with Crippen LogP contribution in [0.25, 0.3) is 11.0 Å². The Morgan fingerprint density at radius 1 is 1.32 bits per heavy atom. The Morgan fingerprint density at radius 3 is 2.95 bits per heavy atom. The third kappa shape index (κ3) is 4.26. The predicted octanol–water partition coefficient (Wildman–Crippen LogP) is 4.95. The number of aliphatic imine (C=N–C) groups is 3. The van der Waals surface area contributed by atoms with E-state index in [-0.39, 0.29) is 17.8 Å². The number of rotatable bonds is 5. The van der Waals surface area contributed by atoms with Crippen molar-refractivity contribution in [1.29, 1.82) is 0 Å². The van der Waals surface area contributed by atoms with E-state index in [2.05, 4.69) is 31.8 Å². The number of morpholine rings is 1. The molecule has 2 fully saturated rings. The molecule has 0 radical (unpaired) electrons. The summed E-state index contributed by atoms with van der Waals surface area (Å²) >= 11 is 0. The van der Waals surface area contributed by atoms with Crippen molar-refractivity contribution in [2.24, 2.45) is 22.0 Å². The number of ether oxygens (including phenoxy) is 2. The first-order chi connectivity index (χ1) is 18.4. The van der Waals surface area contributed by atoms with Crippen LogP contribution in [-0.4, -0.2) is 57.6 Å². The van der Waals surface area contributed by atoms with Gasteiger partial charge in [0.1, 0.15) is 29.4 Å². The first-order valence-corrected chi connectivity index (χ1v) is 12.5. The van der Waals surface area contributed by atoms with E-state index in [1.54, 1.807) is 25.4 Å². The van der Waals surface area contributed by atoms with Gasteiger partial charge in [-0.25, -0.2) is 24.4 Å². The molecule has 0 aliphatic carbocycles. The molecule has 2 unspecified atom stereocenters. The third-order valence-electron chi connectivity index (χ3n) is 7.11. The number of nitrogens with one attached hydrogen (secondary N) is 1. The molecule has 2 saturated heterocycles. The number of nitrogens with zero attached hydrogens (tertiary/aromatic N) is 6. The molecule has 6 rings (SSSR count). The van der Waals surface area contributed by atoms with Crippen LogP contribution >= 0.6 is 0 Å². The summed E-state index contributed by atoms with van der Waals surface area (Å²) in [5, 5.41) is 3.11. The van der Waals surface area contributed by atoms with Crippen LogP contribution in [0.1, 0.15) is 18.9 Å². The SMILES string of the molecule is C=C(/N=C1\C(=CC)N=CN=C1Nc1ccc(Oc2ccc3c(c2)ncn3C)c(C)c1F)N1CC2CC1CO2. The van der Waals surface area contributed by atoms with Crippen LogP contribution in [0, 0.1) is 12.7 Å². The van der Waals surface area contributed by atoms with Gasteiger partial charge in [0.25, 0.3) is 0 Å². The molecule has 1 aromatic heterocycles. The van der Waals surface area contributed by atoms with Gasteiger partial charge in [-0.05, 0) is 44.5 Å². The highest BCUT2D eigenvalue weighted by atomic mass is 19.1. The summed E-state index contributed by atoms with van der Waals surface area (Å²) in [7, 11) is 1.93. The molecule has 3 aliphatic heterocycles. The molecule has 0 amide bonds. The van der Waals surface area contributed by atoms with Crippen molar-refractivity contribution in [3.8, 4) is 11.5 Å². The average Bonchev–Trinajstić information content (AvgIpc) is 3.65. The molecule has 38 heavy (non-hydrogen) atoms. The molecule has 2 atom stereocenters. The zero-order chi connectivity index (χ0) is 26.4. The molecule has 0 spiro atoms. The van der Waals surface area contributed by atoms with Gasteiger partial charge in [-0.15, -0.1) is 0 Å². The van der Waals surface area contributed by atoms with E-state index in [0.29, 0.717) is 46.7 Å². The number of fused-ring (bicyclic) bond motifs is 3. The van der Waals surface area contributed by atoms with E-state index < -0.39 is 5.82 Å². The fourth-order valence-electron chi connectivity index (χ4n) is 5.02. The summed E-state index contributed by atoms with van der Waals surface area (Å²) in [5.41, 5.74) is 3.55. The van der Waals surface area contributed by atoms with Gasteiger partial charge < -0.3 is 24.3 Å². The second-order valence-electron chi connectivity index (χ2n) is 9.55. The zero-order valence-corrected chi connectivity index (χ0v) is 21.5. The first kappa shape index (κ1) is 24.1. The van der Waals surface area contributed by atoms with Gasteiger partial charge in [-0.2, -0.15) is 0 Å². The van der Waals surface area contributed by atoms with E-state index in [1.807, 2.05) is 42.8 Å². The number of amidine groups is 1. The normalized spacial score (nSPS) is 22.5. The number of aromatic nitrogens is 2. The van der Waals surface area contributed by atoms with Crippen LogP contribution in [0.5, 0.6) is 11.5 Å². The number of hydrogen-bond donors (Lipinski definition) is 1. The lowest BCUT2D eigenvalue weighted by Gasteiger charge is -2.29. The summed E-state index contributed by atoms with van der Waals surface area (Å²) in [4.78, 5) is 20.0. The van der Waals surface area contributed by atoms with Crippen LogP contribution in [0.2, 0.25) is 0 Å². The van der Waals surface area contributed by atoms with Crippen molar-refractivity contribution in [2.75, 3.05) is 18.5 Å². The van der Waals surface area contributed by atoms with E-state index in [1.165, 1.54) is 6.34 Å². The highest BCUT2D eigenvalue weighted by Crippen LogP contribution is 2.33. The fraction of sp³-hybridized carbons (Fsp3) is 0.286. The molecule has 0 saturated carbocycles. The smallest absolute Gasteiger partial charge is 0.160 e. The summed E-state index contributed by atoms with van der Waals surface area (Å²) in [6, 6.07) is 9.24. The molecule has 10 heteroatoms. The summed E-state index contributed by atoms with van der Waals surface area (Å²) in [6.07, 6.45) is 6.22. The molecule has 194 valence electrons. The maximum Gasteiger partial charge on any atom is 0.160 e. The Morgan fingerprint density at radius 2 is 2.18 bits per heavy atom. The van der Waals surface area contributed by atoms with E-state index in [9.17, 15) is 0 Å². The Bertz CT molecular complexity index is 1570. The summed E-state index contributed by atoms with van der Waals surface area (Å²) in [5.74, 6) is 1.56. The number of likely N-dealkylation sites (tertiary alicyclic amines) is 1. The average molecular weight is 514 g/mol. The largest absolute Gasteiger partial charge is 0.457 e. The van der Waals surface area contributed by atoms with E-state index >= 15 is 4.39 Å². The minimum atomic E-state index is -0.444. The van der Waals surface area contributed by atoms with Gasteiger partial charge >= 0.3 is 0 Å². The molecule has 2 bridgehead atoms. The van der Waals surface area contributed by atoms with E-state index in [0.717, 1.165) is 24.0 Å². The lowest BCUT2D eigenvalue weighted by Crippen LogP contribution is -2.36. The standard InChI is InChI=1S/C28H28FN7O2/c1-5-21-27(33-17(3)36-12-20-10-18(36)13-37-20)28(31-14-30-21)34-22-7-9-25(16(2)26(22)29)38-19-6-8-24-23(11-19)32-15-35(24)4/h5-9,11,14-15,18,20H,3,10,12-13H2,1-2,4H3,(H,30,31,34)/b21-5?,33-27+. The summed E-state index contributed by atoms with van der Waals surface area (Å²) in [6.45, 7) is 9.18. The topological polar surface area (TPSA) is 88.6 Å². The maximum atomic E-state index is 15.6. The number of aryl methyl sites for hydroxylation is 1. The molecular weight excluding hydrogens is 485 g/mol. The number of imidazole rings is 1. The summed E-state index contributed by atoms with van der Waals surface area (Å²) < 4.78 is 29.2.